The van der Waals surface area contributed by atoms with Gasteiger partial charge in [0.05, 0.1) is 12.5 Å². The van der Waals surface area contributed by atoms with Gasteiger partial charge >= 0.3 is 6.18 Å². The second-order valence-corrected chi connectivity index (χ2v) is 8.50. The van der Waals surface area contributed by atoms with Crippen LogP contribution in [0.5, 0.6) is 5.75 Å². The standard InChI is InChI=1S/C21H27F3N2O3S/c1-13(2)29-17-9-7-16(8-10-17)6-5-14(3)25-18(27)11-20(28,21(22,23)24)19-26-15(4)12-30-19/h7-10,12-14,28H,5-6,11H2,1-4H3,(H,25,27). The van der Waals surface area contributed by atoms with Gasteiger partial charge in [0, 0.05) is 17.1 Å². The molecule has 0 aliphatic heterocycles. The maximum absolute atomic E-state index is 13.5. The van der Waals surface area contributed by atoms with Crippen molar-refractivity contribution in [3.8, 4) is 5.75 Å². The first-order valence-electron chi connectivity index (χ1n) is 9.67. The lowest BCUT2D eigenvalue weighted by atomic mass is 9.98. The quantitative estimate of drug-likeness (QED) is 0.597. The largest absolute Gasteiger partial charge is 0.491 e. The average Bonchev–Trinajstić information content (AvgIpc) is 3.06. The summed E-state index contributed by atoms with van der Waals surface area (Å²) in [6.07, 6.45) is -4.89. The van der Waals surface area contributed by atoms with E-state index in [1.807, 2.05) is 38.1 Å². The number of nitrogens with one attached hydrogen (secondary N) is 1. The maximum atomic E-state index is 13.5. The summed E-state index contributed by atoms with van der Waals surface area (Å²) in [6.45, 7) is 7.12. The van der Waals surface area contributed by atoms with Gasteiger partial charge in [-0.15, -0.1) is 11.3 Å². The van der Waals surface area contributed by atoms with Gasteiger partial charge in [0.1, 0.15) is 10.8 Å². The Balaban J connectivity index is 1.92. The Morgan fingerprint density at radius 1 is 1.23 bits per heavy atom. The van der Waals surface area contributed by atoms with E-state index >= 15 is 0 Å². The molecule has 0 aliphatic rings. The number of aryl methyl sites for hydroxylation is 2. The van der Waals surface area contributed by atoms with E-state index in [-0.39, 0.29) is 12.1 Å². The van der Waals surface area contributed by atoms with Gasteiger partial charge in [0.2, 0.25) is 11.5 Å². The number of aromatic nitrogens is 1. The van der Waals surface area contributed by atoms with E-state index in [1.54, 1.807) is 6.92 Å². The molecule has 1 aromatic heterocycles. The third-order valence-electron chi connectivity index (χ3n) is 4.43. The van der Waals surface area contributed by atoms with E-state index in [9.17, 15) is 23.1 Å². The minimum absolute atomic E-state index is 0.0784. The molecule has 0 fully saturated rings. The van der Waals surface area contributed by atoms with Crippen LogP contribution < -0.4 is 10.1 Å². The number of carbonyl (C=O) groups is 1. The number of thiazole rings is 1. The summed E-state index contributed by atoms with van der Waals surface area (Å²) in [5.74, 6) is -0.116. The third-order valence-corrected chi connectivity index (χ3v) is 5.54. The Bertz CT molecular complexity index is 837. The van der Waals surface area contributed by atoms with Gasteiger partial charge in [-0.1, -0.05) is 12.1 Å². The normalized spacial score (nSPS) is 15.0. The molecular formula is C21H27F3N2O3S. The highest BCUT2D eigenvalue weighted by atomic mass is 32.1. The zero-order valence-electron chi connectivity index (χ0n) is 17.4. The van der Waals surface area contributed by atoms with Crippen molar-refractivity contribution in [3.63, 3.8) is 0 Å². The van der Waals surface area contributed by atoms with Crippen molar-refractivity contribution >= 4 is 17.2 Å². The van der Waals surface area contributed by atoms with Crippen LogP contribution >= 0.6 is 11.3 Å². The molecule has 1 amide bonds. The van der Waals surface area contributed by atoms with E-state index in [0.717, 1.165) is 11.3 Å². The molecule has 1 aromatic carbocycles. The Morgan fingerprint density at radius 2 is 1.87 bits per heavy atom. The van der Waals surface area contributed by atoms with Gasteiger partial charge in [0.15, 0.2) is 0 Å². The van der Waals surface area contributed by atoms with Crippen molar-refractivity contribution in [1.29, 1.82) is 0 Å². The fourth-order valence-corrected chi connectivity index (χ4v) is 3.78. The summed E-state index contributed by atoms with van der Waals surface area (Å²) in [5.41, 5.74) is -1.92. The zero-order valence-corrected chi connectivity index (χ0v) is 18.2. The molecular weight excluding hydrogens is 417 g/mol. The Kier molecular flexibility index (Phi) is 7.87. The summed E-state index contributed by atoms with van der Waals surface area (Å²) < 4.78 is 46.1. The lowest BCUT2D eigenvalue weighted by Crippen LogP contribution is -2.47. The number of hydrogen-bond donors (Lipinski definition) is 2. The molecule has 0 saturated heterocycles. The first-order chi connectivity index (χ1) is 13.9. The Labute approximate surface area is 178 Å². The topological polar surface area (TPSA) is 71.5 Å². The van der Waals surface area contributed by atoms with E-state index in [1.165, 1.54) is 12.3 Å². The van der Waals surface area contributed by atoms with Crippen LogP contribution in [0.2, 0.25) is 0 Å². The number of aliphatic hydroxyl groups is 1. The van der Waals surface area contributed by atoms with Gasteiger partial charge in [0.25, 0.3) is 0 Å². The molecule has 9 heteroatoms. The molecule has 1 heterocycles. The van der Waals surface area contributed by atoms with Gasteiger partial charge in [-0.25, -0.2) is 4.98 Å². The fraction of sp³-hybridized carbons (Fsp3) is 0.524. The maximum Gasteiger partial charge on any atom is 0.424 e. The minimum Gasteiger partial charge on any atom is -0.491 e. The molecule has 0 saturated carbocycles. The van der Waals surface area contributed by atoms with Gasteiger partial charge in [-0.3, -0.25) is 4.79 Å². The molecule has 0 radical (unpaired) electrons. The predicted molar refractivity (Wildman–Crippen MR) is 110 cm³/mol. The summed E-state index contributed by atoms with van der Waals surface area (Å²) in [5, 5.41) is 13.7. The molecule has 2 atom stereocenters. The van der Waals surface area contributed by atoms with Crippen molar-refractivity contribution < 1.29 is 27.8 Å². The lowest BCUT2D eigenvalue weighted by Gasteiger charge is -2.28. The second-order valence-electron chi connectivity index (χ2n) is 7.65. The van der Waals surface area contributed by atoms with Crippen molar-refractivity contribution in [3.05, 3.63) is 45.9 Å². The van der Waals surface area contributed by atoms with Crippen molar-refractivity contribution in [2.75, 3.05) is 0 Å². The highest BCUT2D eigenvalue weighted by molar-refractivity contribution is 7.09. The molecule has 0 aliphatic carbocycles. The number of carbonyl (C=O) groups excluding carboxylic acids is 1. The first-order valence-corrected chi connectivity index (χ1v) is 10.6. The summed E-state index contributed by atoms with van der Waals surface area (Å²) in [6, 6.07) is 7.19. The number of nitrogens with zero attached hydrogens (tertiary/aromatic N) is 1. The number of alkyl halides is 3. The molecule has 30 heavy (non-hydrogen) atoms. The van der Waals surface area contributed by atoms with E-state index < -0.39 is 29.1 Å². The van der Waals surface area contributed by atoms with Gasteiger partial charge in [-0.2, -0.15) is 13.2 Å². The number of benzene rings is 1. The Hall–Kier alpha value is -2.13. The minimum atomic E-state index is -5.02. The predicted octanol–water partition coefficient (Wildman–Crippen LogP) is 4.52. The molecule has 2 unspecified atom stereocenters. The van der Waals surface area contributed by atoms with E-state index in [2.05, 4.69) is 10.3 Å². The molecule has 0 spiro atoms. The fourth-order valence-electron chi connectivity index (χ4n) is 2.86. The van der Waals surface area contributed by atoms with Gasteiger partial charge < -0.3 is 15.2 Å². The van der Waals surface area contributed by atoms with Crippen LogP contribution in [0.15, 0.2) is 29.6 Å². The van der Waals surface area contributed by atoms with E-state index in [0.29, 0.717) is 29.9 Å². The van der Waals surface area contributed by atoms with Crippen LogP contribution in [-0.4, -0.2) is 34.3 Å². The van der Waals surface area contributed by atoms with Gasteiger partial charge in [-0.05, 0) is 58.2 Å². The molecule has 0 bridgehead atoms. The third kappa shape index (κ3) is 6.43. The van der Waals surface area contributed by atoms with Crippen LogP contribution in [0, 0.1) is 6.92 Å². The lowest BCUT2D eigenvalue weighted by molar-refractivity contribution is -0.267. The van der Waals surface area contributed by atoms with Crippen molar-refractivity contribution in [2.45, 2.75) is 70.9 Å². The number of hydrogen-bond acceptors (Lipinski definition) is 5. The molecule has 5 nitrogen and oxygen atoms in total. The zero-order chi connectivity index (χ0) is 22.5. The second kappa shape index (κ2) is 9.78. The smallest absolute Gasteiger partial charge is 0.424 e. The van der Waals surface area contributed by atoms with Crippen molar-refractivity contribution in [1.82, 2.24) is 10.3 Å². The van der Waals surface area contributed by atoms with Crippen LogP contribution in [0.25, 0.3) is 0 Å². The SMILES string of the molecule is Cc1csc(C(O)(CC(=O)NC(C)CCc2ccc(OC(C)C)cc2)C(F)(F)F)n1. The van der Waals surface area contributed by atoms with Crippen LogP contribution in [0.1, 0.15) is 49.9 Å². The van der Waals surface area contributed by atoms with E-state index in [4.69, 9.17) is 4.74 Å². The van der Waals surface area contributed by atoms with Crippen LogP contribution in [0.4, 0.5) is 13.2 Å². The van der Waals surface area contributed by atoms with Crippen LogP contribution in [0.3, 0.4) is 0 Å². The summed E-state index contributed by atoms with van der Waals surface area (Å²) in [7, 11) is 0. The number of rotatable bonds is 9. The number of amides is 1. The molecule has 2 aromatic rings. The average molecular weight is 445 g/mol. The first kappa shape index (κ1) is 24.1. The summed E-state index contributed by atoms with van der Waals surface area (Å²) >= 11 is 0.685. The number of halogens is 3. The molecule has 2 rings (SSSR count). The molecule has 166 valence electrons. The number of ether oxygens (including phenoxy) is 1. The highest BCUT2D eigenvalue weighted by Gasteiger charge is 2.58. The van der Waals surface area contributed by atoms with Crippen LogP contribution in [-0.2, 0) is 16.8 Å². The Morgan fingerprint density at radius 3 is 2.37 bits per heavy atom. The summed E-state index contributed by atoms with van der Waals surface area (Å²) in [4.78, 5) is 16.0. The van der Waals surface area contributed by atoms with Crippen molar-refractivity contribution in [2.24, 2.45) is 0 Å². The monoisotopic (exact) mass is 444 g/mol. The highest BCUT2D eigenvalue weighted by Crippen LogP contribution is 2.42. The molecule has 2 N–H and O–H groups in total.